The number of halogens is 3. The molecule has 0 radical (unpaired) electrons. The smallest absolute Gasteiger partial charge is 0.390 e. The van der Waals surface area contributed by atoms with Crippen LogP contribution in [0.25, 0.3) is 0 Å². The Morgan fingerprint density at radius 1 is 1.30 bits per heavy atom. The van der Waals surface area contributed by atoms with E-state index in [0.29, 0.717) is 11.1 Å². The maximum atomic E-state index is 12.1. The number of hydrogen-bond donors (Lipinski definition) is 2. The summed E-state index contributed by atoms with van der Waals surface area (Å²) in [5.41, 5.74) is 0.948. The van der Waals surface area contributed by atoms with Crippen LogP contribution in [0.4, 0.5) is 13.2 Å². The molecule has 0 fully saturated rings. The van der Waals surface area contributed by atoms with Crippen molar-refractivity contribution in [3.05, 3.63) is 35.4 Å². The van der Waals surface area contributed by atoms with Gasteiger partial charge in [0.05, 0.1) is 18.8 Å². The third-order valence-corrected chi connectivity index (χ3v) is 3.92. The lowest BCUT2D eigenvalue weighted by Crippen LogP contribution is -2.36. The van der Waals surface area contributed by atoms with E-state index in [9.17, 15) is 21.6 Å². The lowest BCUT2D eigenvalue weighted by molar-refractivity contribution is -0.137. The summed E-state index contributed by atoms with van der Waals surface area (Å²) in [5, 5.41) is 8.94. The molecule has 0 aliphatic carbocycles. The van der Waals surface area contributed by atoms with Gasteiger partial charge in [0.1, 0.15) is 0 Å². The Morgan fingerprint density at radius 2 is 1.90 bits per heavy atom. The minimum atomic E-state index is -4.42. The van der Waals surface area contributed by atoms with Crippen LogP contribution in [0.3, 0.4) is 0 Å². The summed E-state index contributed by atoms with van der Waals surface area (Å²) >= 11 is 0. The lowest BCUT2D eigenvalue weighted by atomic mass is 10.1. The van der Waals surface area contributed by atoms with E-state index in [0.717, 1.165) is 6.92 Å². The highest BCUT2D eigenvalue weighted by atomic mass is 32.2. The average molecular weight is 311 g/mol. The summed E-state index contributed by atoms with van der Waals surface area (Å²) in [7, 11) is -3.86. The van der Waals surface area contributed by atoms with E-state index in [-0.39, 0.29) is 6.61 Å². The van der Waals surface area contributed by atoms with Crippen molar-refractivity contribution in [1.82, 2.24) is 4.72 Å². The molecule has 0 spiro atoms. The maximum Gasteiger partial charge on any atom is 0.390 e. The quantitative estimate of drug-likeness (QED) is 0.844. The molecule has 0 amide bonds. The third-order valence-electron chi connectivity index (χ3n) is 2.45. The Bertz CT molecular complexity index is 543. The zero-order chi connectivity index (χ0) is 15.4. The molecular weight excluding hydrogens is 295 g/mol. The van der Waals surface area contributed by atoms with Crippen LogP contribution in [0.2, 0.25) is 0 Å². The number of benzene rings is 1. The number of aliphatic hydroxyl groups is 1. The van der Waals surface area contributed by atoms with E-state index in [4.69, 9.17) is 5.11 Å². The molecule has 4 nitrogen and oxygen atoms in total. The molecule has 2 N–H and O–H groups in total. The largest absolute Gasteiger partial charge is 0.392 e. The fraction of sp³-hybridized carbons (Fsp3) is 0.500. The van der Waals surface area contributed by atoms with Crippen molar-refractivity contribution < 1.29 is 26.7 Å². The summed E-state index contributed by atoms with van der Waals surface area (Å²) in [6.07, 6.45) is -5.64. The van der Waals surface area contributed by atoms with Gasteiger partial charge < -0.3 is 5.11 Å². The second kappa shape index (κ2) is 6.55. The first kappa shape index (κ1) is 16.9. The Balaban J connectivity index is 2.70. The molecule has 1 atom stereocenters. The molecule has 0 aliphatic rings. The van der Waals surface area contributed by atoms with Gasteiger partial charge >= 0.3 is 6.18 Å². The second-order valence-corrected chi connectivity index (χ2v) is 6.33. The Morgan fingerprint density at radius 3 is 2.45 bits per heavy atom. The SMILES string of the molecule is CC(CC(F)(F)F)NS(=O)(=O)Cc1cccc(CO)c1. The van der Waals surface area contributed by atoms with Crippen molar-refractivity contribution in [3.8, 4) is 0 Å². The van der Waals surface area contributed by atoms with E-state index in [2.05, 4.69) is 0 Å². The number of alkyl halides is 3. The fourth-order valence-corrected chi connectivity index (χ4v) is 3.17. The molecule has 0 aliphatic heterocycles. The highest BCUT2D eigenvalue weighted by Crippen LogP contribution is 2.21. The molecule has 8 heteroatoms. The summed E-state index contributed by atoms with van der Waals surface area (Å²) in [6.45, 7) is 0.932. The minimum Gasteiger partial charge on any atom is -0.392 e. The first-order valence-corrected chi connectivity index (χ1v) is 7.52. The van der Waals surface area contributed by atoms with Crippen molar-refractivity contribution in [2.24, 2.45) is 0 Å². The molecule has 1 rings (SSSR count). The highest BCUT2D eigenvalue weighted by Gasteiger charge is 2.31. The summed E-state index contributed by atoms with van der Waals surface area (Å²) < 4.78 is 61.9. The monoisotopic (exact) mass is 311 g/mol. The van der Waals surface area contributed by atoms with Crippen LogP contribution < -0.4 is 4.72 Å². The van der Waals surface area contributed by atoms with Crippen LogP contribution in [-0.4, -0.2) is 25.7 Å². The molecule has 0 aromatic heterocycles. The normalized spacial score (nSPS) is 14.2. The molecule has 0 saturated heterocycles. The predicted molar refractivity (Wildman–Crippen MR) is 68.3 cm³/mol. The number of sulfonamides is 1. The van der Waals surface area contributed by atoms with Gasteiger partial charge in [0, 0.05) is 6.04 Å². The Kier molecular flexibility index (Phi) is 5.55. The van der Waals surface area contributed by atoms with Gasteiger partial charge in [-0.3, -0.25) is 0 Å². The summed E-state index contributed by atoms with van der Waals surface area (Å²) in [4.78, 5) is 0. The molecule has 1 unspecified atom stereocenters. The zero-order valence-electron chi connectivity index (χ0n) is 10.8. The molecule has 1 aromatic carbocycles. The van der Waals surface area contributed by atoms with Gasteiger partial charge in [-0.15, -0.1) is 0 Å². The van der Waals surface area contributed by atoms with Crippen molar-refractivity contribution in [3.63, 3.8) is 0 Å². The third kappa shape index (κ3) is 6.36. The van der Waals surface area contributed by atoms with Crippen molar-refractivity contribution in [1.29, 1.82) is 0 Å². The van der Waals surface area contributed by atoms with Gasteiger partial charge in [0.25, 0.3) is 0 Å². The van der Waals surface area contributed by atoms with Gasteiger partial charge in [-0.05, 0) is 18.1 Å². The molecule has 1 aromatic rings. The van der Waals surface area contributed by atoms with Crippen LogP contribution in [0.15, 0.2) is 24.3 Å². The number of aliphatic hydroxyl groups excluding tert-OH is 1. The second-order valence-electron chi connectivity index (χ2n) is 4.58. The summed E-state index contributed by atoms with van der Waals surface area (Å²) in [6, 6.07) is 5.01. The van der Waals surface area contributed by atoms with Crippen molar-refractivity contribution in [2.75, 3.05) is 0 Å². The minimum absolute atomic E-state index is 0.230. The van der Waals surface area contributed by atoms with Crippen LogP contribution in [-0.2, 0) is 22.4 Å². The standard InChI is InChI=1S/C12H16F3NO3S/c1-9(6-12(13,14)15)16-20(18,19)8-11-4-2-3-10(5-11)7-17/h2-5,9,16-17H,6-8H2,1H3. The topological polar surface area (TPSA) is 66.4 Å². The predicted octanol–water partition coefficient (Wildman–Crippen LogP) is 1.94. The molecule has 114 valence electrons. The maximum absolute atomic E-state index is 12.1. The Labute approximate surface area is 115 Å². The van der Waals surface area contributed by atoms with E-state index in [1.54, 1.807) is 12.1 Å². The van der Waals surface area contributed by atoms with Gasteiger partial charge in [0.15, 0.2) is 0 Å². The van der Waals surface area contributed by atoms with Crippen LogP contribution in [0, 0.1) is 0 Å². The molecule has 0 heterocycles. The Hall–Kier alpha value is -1.12. The highest BCUT2D eigenvalue weighted by molar-refractivity contribution is 7.88. The average Bonchev–Trinajstić information content (AvgIpc) is 2.24. The van der Waals surface area contributed by atoms with E-state index in [1.165, 1.54) is 12.1 Å². The number of hydrogen-bond acceptors (Lipinski definition) is 3. The molecule has 0 bridgehead atoms. The fourth-order valence-electron chi connectivity index (χ4n) is 1.77. The van der Waals surface area contributed by atoms with Crippen LogP contribution in [0.5, 0.6) is 0 Å². The van der Waals surface area contributed by atoms with Crippen LogP contribution in [0.1, 0.15) is 24.5 Å². The van der Waals surface area contributed by atoms with E-state index in [1.807, 2.05) is 4.72 Å². The molecule has 20 heavy (non-hydrogen) atoms. The van der Waals surface area contributed by atoms with Gasteiger partial charge in [-0.1, -0.05) is 24.3 Å². The van der Waals surface area contributed by atoms with E-state index >= 15 is 0 Å². The number of nitrogens with one attached hydrogen (secondary N) is 1. The summed E-state index contributed by atoms with van der Waals surface area (Å²) in [5.74, 6) is -0.428. The molecule has 0 saturated carbocycles. The first-order valence-electron chi connectivity index (χ1n) is 5.87. The van der Waals surface area contributed by atoms with Gasteiger partial charge in [-0.25, -0.2) is 13.1 Å². The zero-order valence-corrected chi connectivity index (χ0v) is 11.6. The lowest BCUT2D eigenvalue weighted by Gasteiger charge is -2.16. The van der Waals surface area contributed by atoms with Crippen molar-refractivity contribution >= 4 is 10.0 Å². The molecular formula is C12H16F3NO3S. The number of rotatable bonds is 6. The van der Waals surface area contributed by atoms with Gasteiger partial charge in [0.2, 0.25) is 10.0 Å². The van der Waals surface area contributed by atoms with E-state index < -0.39 is 34.4 Å². The first-order chi connectivity index (χ1) is 9.11. The van der Waals surface area contributed by atoms with Crippen molar-refractivity contribution in [2.45, 2.75) is 37.9 Å². The van der Waals surface area contributed by atoms with Crippen LogP contribution >= 0.6 is 0 Å². The van der Waals surface area contributed by atoms with Gasteiger partial charge in [-0.2, -0.15) is 13.2 Å².